The van der Waals surface area contributed by atoms with Crippen molar-refractivity contribution in [3.05, 3.63) is 54.3 Å². The number of aliphatic carboxylic acids is 1. The van der Waals surface area contributed by atoms with E-state index in [1.165, 1.54) is 6.07 Å². The molecule has 0 amide bonds. The maximum Gasteiger partial charge on any atom is 0.305 e. The normalized spacial score (nSPS) is 17.3. The van der Waals surface area contributed by atoms with Crippen molar-refractivity contribution in [2.45, 2.75) is 25.3 Å². The second kappa shape index (κ2) is 6.69. The molecular weight excluding hydrogens is 297 g/mol. The molecule has 0 aromatic heterocycles. The molecule has 0 spiro atoms. The number of para-hydroxylation sites is 1. The molecule has 1 N–H and O–H groups in total. The number of ether oxygens (including phenoxy) is 1. The standard InChI is InChI=1S/C18H18FNO3/c19-16-11-14(20-10-4-5-13(20)12-18(21)22)8-9-17(16)23-15-6-2-1-3-7-15/h1-3,6-9,11,13H,4-5,10,12H2,(H,21,22)/t13-/m0/s1. The number of rotatable bonds is 5. The summed E-state index contributed by atoms with van der Waals surface area (Å²) in [6, 6.07) is 13.7. The van der Waals surface area contributed by atoms with Gasteiger partial charge in [0.2, 0.25) is 0 Å². The zero-order valence-electron chi connectivity index (χ0n) is 12.6. The number of halogens is 1. The van der Waals surface area contributed by atoms with Gasteiger partial charge in [0.15, 0.2) is 11.6 Å². The summed E-state index contributed by atoms with van der Waals surface area (Å²) in [4.78, 5) is 12.9. The summed E-state index contributed by atoms with van der Waals surface area (Å²) in [5.74, 6) is -0.545. The zero-order chi connectivity index (χ0) is 16.2. The van der Waals surface area contributed by atoms with Gasteiger partial charge in [0, 0.05) is 24.3 Å². The largest absolute Gasteiger partial charge is 0.481 e. The number of carboxylic acid groups (broad SMARTS) is 1. The molecule has 23 heavy (non-hydrogen) atoms. The fraction of sp³-hybridized carbons (Fsp3) is 0.278. The summed E-state index contributed by atoms with van der Waals surface area (Å²) >= 11 is 0. The van der Waals surface area contributed by atoms with Crippen molar-refractivity contribution in [3.63, 3.8) is 0 Å². The van der Waals surface area contributed by atoms with Crippen LogP contribution in [0.25, 0.3) is 0 Å². The van der Waals surface area contributed by atoms with Gasteiger partial charge >= 0.3 is 5.97 Å². The number of carboxylic acids is 1. The Morgan fingerprint density at radius 3 is 2.74 bits per heavy atom. The van der Waals surface area contributed by atoms with Crippen LogP contribution >= 0.6 is 0 Å². The van der Waals surface area contributed by atoms with Crippen LogP contribution < -0.4 is 9.64 Å². The molecule has 0 radical (unpaired) electrons. The minimum atomic E-state index is -0.827. The summed E-state index contributed by atoms with van der Waals surface area (Å²) in [6.07, 6.45) is 1.81. The molecule has 5 heteroatoms. The van der Waals surface area contributed by atoms with Gasteiger partial charge in [-0.2, -0.15) is 0 Å². The summed E-state index contributed by atoms with van der Waals surface area (Å²) in [5.41, 5.74) is 0.701. The number of hydrogen-bond acceptors (Lipinski definition) is 3. The zero-order valence-corrected chi connectivity index (χ0v) is 12.6. The highest BCUT2D eigenvalue weighted by Crippen LogP contribution is 2.32. The molecule has 3 rings (SSSR count). The number of benzene rings is 2. The maximum atomic E-state index is 14.3. The van der Waals surface area contributed by atoms with Gasteiger partial charge in [0.05, 0.1) is 6.42 Å². The smallest absolute Gasteiger partial charge is 0.305 e. The third-order valence-electron chi connectivity index (χ3n) is 4.01. The van der Waals surface area contributed by atoms with E-state index < -0.39 is 11.8 Å². The molecule has 1 atom stereocenters. The van der Waals surface area contributed by atoms with Gasteiger partial charge in [-0.25, -0.2) is 4.39 Å². The lowest BCUT2D eigenvalue weighted by Crippen LogP contribution is -2.31. The van der Waals surface area contributed by atoms with E-state index in [1.54, 1.807) is 24.3 Å². The summed E-state index contributed by atoms with van der Waals surface area (Å²) in [7, 11) is 0. The van der Waals surface area contributed by atoms with Crippen LogP contribution in [0.1, 0.15) is 19.3 Å². The quantitative estimate of drug-likeness (QED) is 0.904. The van der Waals surface area contributed by atoms with Gasteiger partial charge in [-0.15, -0.1) is 0 Å². The number of nitrogens with zero attached hydrogens (tertiary/aromatic N) is 1. The first-order valence-corrected chi connectivity index (χ1v) is 7.64. The SMILES string of the molecule is O=C(O)C[C@@H]1CCCN1c1ccc(Oc2ccccc2)c(F)c1. The Balaban J connectivity index is 1.77. The fourth-order valence-electron chi connectivity index (χ4n) is 2.96. The van der Waals surface area contributed by atoms with Gasteiger partial charge < -0.3 is 14.7 Å². The average molecular weight is 315 g/mol. The van der Waals surface area contributed by atoms with Gasteiger partial charge in [-0.3, -0.25) is 4.79 Å². The molecule has 1 aliphatic rings. The number of hydrogen-bond donors (Lipinski definition) is 1. The second-order valence-electron chi connectivity index (χ2n) is 5.62. The van der Waals surface area contributed by atoms with Gasteiger partial charge in [0.1, 0.15) is 5.75 Å². The molecule has 4 nitrogen and oxygen atoms in total. The maximum absolute atomic E-state index is 14.3. The predicted molar refractivity (Wildman–Crippen MR) is 85.5 cm³/mol. The lowest BCUT2D eigenvalue weighted by Gasteiger charge is -2.26. The van der Waals surface area contributed by atoms with E-state index in [4.69, 9.17) is 9.84 Å². The van der Waals surface area contributed by atoms with Crippen LogP contribution in [0.15, 0.2) is 48.5 Å². The molecule has 1 saturated heterocycles. The van der Waals surface area contributed by atoms with Gasteiger partial charge in [-0.1, -0.05) is 18.2 Å². The monoisotopic (exact) mass is 315 g/mol. The topological polar surface area (TPSA) is 49.8 Å². The van der Waals surface area contributed by atoms with Crippen LogP contribution in [0, 0.1) is 5.82 Å². The van der Waals surface area contributed by atoms with Crippen molar-refractivity contribution in [3.8, 4) is 11.5 Å². The van der Waals surface area contributed by atoms with Crippen LogP contribution in [0.4, 0.5) is 10.1 Å². The minimum Gasteiger partial charge on any atom is -0.481 e. The number of anilines is 1. The second-order valence-corrected chi connectivity index (χ2v) is 5.62. The highest BCUT2D eigenvalue weighted by atomic mass is 19.1. The summed E-state index contributed by atoms with van der Waals surface area (Å²) in [6.45, 7) is 0.746. The molecule has 0 unspecified atom stereocenters. The Morgan fingerprint density at radius 1 is 1.26 bits per heavy atom. The van der Waals surface area contributed by atoms with Crippen molar-refractivity contribution >= 4 is 11.7 Å². The minimum absolute atomic E-state index is 0.0733. The van der Waals surface area contributed by atoms with Crippen LogP contribution in [-0.2, 0) is 4.79 Å². The summed E-state index contributed by atoms with van der Waals surface area (Å²) in [5, 5.41) is 8.98. The first kappa shape index (κ1) is 15.3. The first-order chi connectivity index (χ1) is 11.1. The highest BCUT2D eigenvalue weighted by molar-refractivity contribution is 5.69. The van der Waals surface area contributed by atoms with Gasteiger partial charge in [-0.05, 0) is 37.1 Å². The van der Waals surface area contributed by atoms with Crippen molar-refractivity contribution < 1.29 is 19.0 Å². The van der Waals surface area contributed by atoms with E-state index in [0.29, 0.717) is 11.4 Å². The van der Waals surface area contributed by atoms with Crippen molar-refractivity contribution in [1.29, 1.82) is 0 Å². The molecule has 0 aliphatic carbocycles. The lowest BCUT2D eigenvalue weighted by molar-refractivity contribution is -0.137. The predicted octanol–water partition coefficient (Wildman–Crippen LogP) is 4.06. The van der Waals surface area contributed by atoms with E-state index in [-0.39, 0.29) is 18.2 Å². The Kier molecular flexibility index (Phi) is 4.46. The molecular formula is C18H18FNO3. The van der Waals surface area contributed by atoms with Crippen molar-refractivity contribution in [2.24, 2.45) is 0 Å². The van der Waals surface area contributed by atoms with Crippen LogP contribution in [0.3, 0.4) is 0 Å². The average Bonchev–Trinajstić information content (AvgIpc) is 2.98. The molecule has 0 bridgehead atoms. The van der Waals surface area contributed by atoms with E-state index >= 15 is 0 Å². The van der Waals surface area contributed by atoms with Crippen LogP contribution in [0.2, 0.25) is 0 Å². The van der Waals surface area contributed by atoms with E-state index in [9.17, 15) is 9.18 Å². The molecule has 2 aromatic carbocycles. The fourth-order valence-corrected chi connectivity index (χ4v) is 2.96. The number of carbonyl (C=O) groups is 1. The van der Waals surface area contributed by atoms with E-state index in [2.05, 4.69) is 0 Å². The Labute approximate surface area is 134 Å². The van der Waals surface area contributed by atoms with E-state index in [0.717, 1.165) is 19.4 Å². The molecule has 1 fully saturated rings. The Bertz CT molecular complexity index is 690. The third kappa shape index (κ3) is 3.62. The molecule has 2 aromatic rings. The highest BCUT2D eigenvalue weighted by Gasteiger charge is 2.27. The van der Waals surface area contributed by atoms with Crippen LogP contribution in [-0.4, -0.2) is 23.7 Å². The van der Waals surface area contributed by atoms with Crippen molar-refractivity contribution in [1.82, 2.24) is 0 Å². The molecule has 1 aliphatic heterocycles. The van der Waals surface area contributed by atoms with Crippen molar-refractivity contribution in [2.75, 3.05) is 11.4 Å². The Hall–Kier alpha value is -2.56. The molecule has 120 valence electrons. The Morgan fingerprint density at radius 2 is 2.04 bits per heavy atom. The van der Waals surface area contributed by atoms with Gasteiger partial charge in [0.25, 0.3) is 0 Å². The van der Waals surface area contributed by atoms with Crippen LogP contribution in [0.5, 0.6) is 11.5 Å². The third-order valence-corrected chi connectivity index (χ3v) is 4.01. The summed E-state index contributed by atoms with van der Waals surface area (Å²) < 4.78 is 19.8. The van der Waals surface area contributed by atoms with E-state index in [1.807, 2.05) is 23.1 Å². The molecule has 0 saturated carbocycles. The first-order valence-electron chi connectivity index (χ1n) is 7.64. The molecule has 1 heterocycles. The lowest BCUT2D eigenvalue weighted by atomic mass is 10.1.